The van der Waals surface area contributed by atoms with Gasteiger partial charge in [-0.2, -0.15) is 13.2 Å². The fourth-order valence-electron chi connectivity index (χ4n) is 6.49. The molecule has 0 spiro atoms. The molecule has 2 atom stereocenters. The van der Waals surface area contributed by atoms with Crippen LogP contribution in [-0.4, -0.2) is 189 Å². The molecule has 0 saturated carbocycles. The van der Waals surface area contributed by atoms with Gasteiger partial charge in [0, 0.05) is 23.8 Å². The Labute approximate surface area is 388 Å². The van der Waals surface area contributed by atoms with Gasteiger partial charge in [0.05, 0.1) is 163 Å². The number of aromatic amines is 1. The first kappa shape index (κ1) is 55.5. The number of pyridine rings is 1. The molecule has 0 bridgehead atoms. The SMILES string of the molecule is COCCOCCOCCOCCOCCOCCOCCOCCOCCOCCOCCOCC(=O)OCC1C[C@@H](c2ccc3cc(-c4ccccc4C(F)(F)F)[nH]c(=O)c3c2)C(=O)N1. The summed E-state index contributed by atoms with van der Waals surface area (Å²) in [5.41, 5.74) is -1.00. The van der Waals surface area contributed by atoms with Crippen LogP contribution >= 0.6 is 0 Å². The van der Waals surface area contributed by atoms with Crippen molar-refractivity contribution < 1.29 is 84.3 Å². The highest BCUT2D eigenvalue weighted by molar-refractivity contribution is 5.90. The molecule has 1 unspecified atom stereocenters. The van der Waals surface area contributed by atoms with Crippen LogP contribution in [0.2, 0.25) is 0 Å². The number of hydrogen-bond acceptors (Lipinski definition) is 16. The molecule has 18 nitrogen and oxygen atoms in total. The van der Waals surface area contributed by atoms with Gasteiger partial charge in [0.1, 0.15) is 13.2 Å². The lowest BCUT2D eigenvalue weighted by molar-refractivity contribution is -0.150. The number of H-pyrrole nitrogens is 1. The Morgan fingerprint density at radius 2 is 1.04 bits per heavy atom. The smallest absolute Gasteiger partial charge is 0.417 e. The van der Waals surface area contributed by atoms with Crippen LogP contribution in [0, 0.1) is 0 Å². The lowest BCUT2D eigenvalue weighted by Crippen LogP contribution is -2.31. The number of halogens is 3. The van der Waals surface area contributed by atoms with Crippen LogP contribution < -0.4 is 10.9 Å². The number of carbonyl (C=O) groups is 2. The van der Waals surface area contributed by atoms with Crippen LogP contribution in [0.25, 0.3) is 22.0 Å². The molecular weight excluding hydrogens is 893 g/mol. The zero-order chi connectivity index (χ0) is 47.8. The molecule has 1 fully saturated rings. The highest BCUT2D eigenvalue weighted by Crippen LogP contribution is 2.37. The number of aromatic nitrogens is 1. The van der Waals surface area contributed by atoms with E-state index in [4.69, 9.17) is 61.6 Å². The van der Waals surface area contributed by atoms with Gasteiger partial charge in [-0.3, -0.25) is 9.59 Å². The summed E-state index contributed by atoms with van der Waals surface area (Å²) in [7, 11) is 1.63. The number of benzene rings is 2. The molecular formula is C46H65F3N2O16. The maximum Gasteiger partial charge on any atom is 0.417 e. The van der Waals surface area contributed by atoms with Crippen molar-refractivity contribution in [2.24, 2.45) is 0 Å². The van der Waals surface area contributed by atoms with E-state index in [-0.39, 0.29) is 49.0 Å². The van der Waals surface area contributed by atoms with Crippen LogP contribution in [-0.2, 0) is 77.3 Å². The van der Waals surface area contributed by atoms with Crippen LogP contribution in [0.1, 0.15) is 23.5 Å². The molecule has 2 N–H and O–H groups in total. The zero-order valence-corrected chi connectivity index (χ0v) is 38.1. The first-order chi connectivity index (χ1) is 32.7. The second kappa shape index (κ2) is 33.4. The Morgan fingerprint density at radius 1 is 0.597 bits per heavy atom. The van der Waals surface area contributed by atoms with Crippen molar-refractivity contribution in [3.05, 3.63) is 70.0 Å². The molecule has 1 aliphatic heterocycles. The first-order valence-corrected chi connectivity index (χ1v) is 22.3. The number of rotatable bonds is 39. The Bertz CT molecular complexity index is 1890. The number of esters is 1. The Morgan fingerprint density at radius 3 is 1.51 bits per heavy atom. The van der Waals surface area contributed by atoms with Gasteiger partial charge >= 0.3 is 12.1 Å². The summed E-state index contributed by atoms with van der Waals surface area (Å²) in [4.78, 5) is 40.6. The fourth-order valence-corrected chi connectivity index (χ4v) is 6.49. The van der Waals surface area contributed by atoms with Gasteiger partial charge in [-0.1, -0.05) is 30.3 Å². The second-order valence-corrected chi connectivity index (χ2v) is 14.7. The normalized spacial score (nSPS) is 15.1. The van der Waals surface area contributed by atoms with Gasteiger partial charge in [0.25, 0.3) is 5.56 Å². The Kier molecular flexibility index (Phi) is 27.7. The molecule has 21 heteroatoms. The number of carbonyl (C=O) groups excluding carboxylic acids is 2. The summed E-state index contributed by atoms with van der Waals surface area (Å²) in [6.45, 7) is 9.38. The quantitative estimate of drug-likeness (QED) is 0.0621. The summed E-state index contributed by atoms with van der Waals surface area (Å²) < 4.78 is 111. The van der Waals surface area contributed by atoms with Gasteiger partial charge < -0.3 is 71.9 Å². The van der Waals surface area contributed by atoms with E-state index in [0.29, 0.717) is 150 Å². The highest BCUT2D eigenvalue weighted by atomic mass is 19.4. The third-order valence-corrected chi connectivity index (χ3v) is 9.80. The van der Waals surface area contributed by atoms with E-state index in [1.807, 2.05) is 0 Å². The molecule has 1 aromatic heterocycles. The zero-order valence-electron chi connectivity index (χ0n) is 38.1. The van der Waals surface area contributed by atoms with Gasteiger partial charge in [-0.05, 0) is 35.6 Å². The number of methoxy groups -OCH3 is 1. The minimum atomic E-state index is -4.60. The second-order valence-electron chi connectivity index (χ2n) is 14.7. The molecule has 1 saturated heterocycles. The van der Waals surface area contributed by atoms with Gasteiger partial charge in [-0.15, -0.1) is 0 Å². The first-order valence-electron chi connectivity index (χ1n) is 22.3. The molecule has 67 heavy (non-hydrogen) atoms. The summed E-state index contributed by atoms with van der Waals surface area (Å²) in [5.74, 6) is -1.52. The molecule has 3 aromatic rings. The molecule has 1 aliphatic rings. The number of ether oxygens (including phenoxy) is 13. The average Bonchev–Trinajstić information content (AvgIpc) is 3.70. The largest absolute Gasteiger partial charge is 0.462 e. The molecule has 2 aromatic carbocycles. The minimum absolute atomic E-state index is 0.0309. The summed E-state index contributed by atoms with van der Waals surface area (Å²) in [5, 5.41) is 3.46. The van der Waals surface area contributed by atoms with Crippen molar-refractivity contribution in [3.8, 4) is 11.3 Å². The van der Waals surface area contributed by atoms with E-state index < -0.39 is 35.2 Å². The topological polar surface area (TPSA) is 199 Å². The van der Waals surface area contributed by atoms with E-state index >= 15 is 0 Å². The predicted octanol–water partition coefficient (Wildman–Crippen LogP) is 3.56. The van der Waals surface area contributed by atoms with Crippen LogP contribution in [0.4, 0.5) is 13.2 Å². The highest BCUT2D eigenvalue weighted by Gasteiger charge is 2.35. The van der Waals surface area contributed by atoms with E-state index in [1.165, 1.54) is 24.3 Å². The van der Waals surface area contributed by atoms with Crippen LogP contribution in [0.5, 0.6) is 0 Å². The lowest BCUT2D eigenvalue weighted by atomic mass is 9.93. The lowest BCUT2D eigenvalue weighted by Gasteiger charge is -2.14. The maximum absolute atomic E-state index is 13.6. The predicted molar refractivity (Wildman–Crippen MR) is 236 cm³/mol. The van der Waals surface area contributed by atoms with E-state index in [1.54, 1.807) is 25.3 Å². The van der Waals surface area contributed by atoms with Crippen molar-refractivity contribution in [1.29, 1.82) is 0 Å². The standard InChI is InChI=1S/C46H65F3N2O16/c1-55-8-9-56-10-11-57-12-13-58-14-15-59-16-17-60-18-19-61-20-21-62-22-23-63-24-25-64-26-27-65-28-29-66-34-43(52)67-33-37-32-40(44(53)50-37)35-6-7-36-31-42(51-45(54)39(36)30-35)38-4-2-3-5-41(38)46(47,48)49/h2-7,30-31,37,40H,8-29,32-34H2,1H3,(H,50,53)(H,51,54)/t37?,40-/m0/s1. The molecule has 1 amide bonds. The third-order valence-electron chi connectivity index (χ3n) is 9.80. The molecule has 0 radical (unpaired) electrons. The minimum Gasteiger partial charge on any atom is -0.462 e. The van der Waals surface area contributed by atoms with Crippen molar-refractivity contribution in [2.45, 2.75) is 24.6 Å². The molecule has 376 valence electrons. The Hall–Kier alpha value is -4.10. The number of fused-ring (bicyclic) bond motifs is 1. The van der Waals surface area contributed by atoms with Crippen molar-refractivity contribution in [3.63, 3.8) is 0 Å². The monoisotopic (exact) mass is 958 g/mol. The van der Waals surface area contributed by atoms with Crippen molar-refractivity contribution >= 4 is 22.6 Å². The number of alkyl halides is 3. The van der Waals surface area contributed by atoms with Crippen LogP contribution in [0.3, 0.4) is 0 Å². The summed E-state index contributed by atoms with van der Waals surface area (Å²) >= 11 is 0. The molecule has 0 aliphatic carbocycles. The van der Waals surface area contributed by atoms with Crippen molar-refractivity contribution in [1.82, 2.24) is 10.3 Å². The molecule has 4 rings (SSSR count). The summed E-state index contributed by atoms with van der Waals surface area (Å²) in [6.07, 6.45) is -4.30. The average molecular weight is 959 g/mol. The maximum atomic E-state index is 13.6. The fraction of sp³-hybridized carbons (Fsp3) is 0.630. The van der Waals surface area contributed by atoms with E-state index in [9.17, 15) is 27.6 Å². The van der Waals surface area contributed by atoms with E-state index in [0.717, 1.165) is 6.07 Å². The van der Waals surface area contributed by atoms with Gasteiger partial charge in [-0.25, -0.2) is 4.79 Å². The number of nitrogens with one attached hydrogen (secondary N) is 2. The third kappa shape index (κ3) is 22.7. The van der Waals surface area contributed by atoms with E-state index in [2.05, 4.69) is 10.3 Å². The van der Waals surface area contributed by atoms with Crippen molar-refractivity contribution in [2.75, 3.05) is 166 Å². The number of amides is 1. The molecule has 2 heterocycles. The van der Waals surface area contributed by atoms with Crippen LogP contribution in [0.15, 0.2) is 53.3 Å². The Balaban J connectivity index is 0.885. The van der Waals surface area contributed by atoms with Gasteiger partial charge in [0.15, 0.2) is 0 Å². The number of hydrogen-bond donors (Lipinski definition) is 2. The van der Waals surface area contributed by atoms with Gasteiger partial charge in [0.2, 0.25) is 5.91 Å². The summed E-state index contributed by atoms with van der Waals surface area (Å²) in [6, 6.07) is 10.9.